The lowest BCUT2D eigenvalue weighted by molar-refractivity contribution is 0.480. The molecule has 0 atom stereocenters. The van der Waals surface area contributed by atoms with Gasteiger partial charge < -0.3 is 19.0 Å². The van der Waals surface area contributed by atoms with Crippen molar-refractivity contribution in [3.63, 3.8) is 0 Å². The molecule has 0 unspecified atom stereocenters. The quantitative estimate of drug-likeness (QED) is 0.162. The summed E-state index contributed by atoms with van der Waals surface area (Å²) in [6.07, 6.45) is 0. The molecule has 11 rings (SSSR count). The van der Waals surface area contributed by atoms with Gasteiger partial charge in [-0.25, -0.2) is 0 Å². The Morgan fingerprint density at radius 1 is 0.460 bits per heavy atom. The molecule has 1 aromatic heterocycles. The van der Waals surface area contributed by atoms with Gasteiger partial charge in [0.2, 0.25) is 0 Å². The first-order valence-electron chi connectivity index (χ1n) is 22.8. The van der Waals surface area contributed by atoms with Crippen LogP contribution in [0.3, 0.4) is 0 Å². The minimum absolute atomic E-state index is 0.0414. The minimum atomic E-state index is -0.122. The van der Waals surface area contributed by atoms with E-state index in [0.29, 0.717) is 0 Å². The van der Waals surface area contributed by atoms with Gasteiger partial charge in [-0.15, -0.1) is 0 Å². The Bertz CT molecular complexity index is 3180. The Hall–Kier alpha value is -6.20. The van der Waals surface area contributed by atoms with Gasteiger partial charge in [-0.3, -0.25) is 0 Å². The van der Waals surface area contributed by atoms with E-state index in [2.05, 4.69) is 231 Å². The number of para-hydroxylation sites is 2. The topological polar surface area (TPSA) is 20.6 Å². The minimum Gasteiger partial charge on any atom is -0.452 e. The van der Waals surface area contributed by atoms with Crippen LogP contribution in [0.25, 0.3) is 38.6 Å². The molecule has 0 spiro atoms. The normalized spacial score (nSPS) is 14.4. The molecule has 8 aromatic rings. The largest absolute Gasteiger partial charge is 0.452 e. The molecule has 5 heteroatoms. The Balaban J connectivity index is 1.32. The van der Waals surface area contributed by atoms with Crippen molar-refractivity contribution in [2.75, 3.05) is 9.71 Å². The van der Waals surface area contributed by atoms with E-state index in [9.17, 15) is 0 Å². The third kappa shape index (κ3) is 5.95. The molecular weight excluding hydrogens is 765 g/mol. The predicted octanol–water partition coefficient (Wildman–Crippen LogP) is 14.8. The fraction of sp³-hybridized carbons (Fsp3) is 0.276. The summed E-state index contributed by atoms with van der Waals surface area (Å²) in [5.41, 5.74) is 19.4. The highest BCUT2D eigenvalue weighted by atomic mass is 16.5. The number of fused-ring (bicyclic) bond motifs is 10. The van der Waals surface area contributed by atoms with Crippen LogP contribution in [0.5, 0.6) is 11.5 Å². The van der Waals surface area contributed by atoms with E-state index in [-0.39, 0.29) is 28.5 Å². The average molecular weight is 824 g/mol. The van der Waals surface area contributed by atoms with E-state index < -0.39 is 0 Å². The zero-order chi connectivity index (χ0) is 44.1. The van der Waals surface area contributed by atoms with Crippen LogP contribution in [0.15, 0.2) is 133 Å². The Labute approximate surface area is 374 Å². The molecule has 4 nitrogen and oxygen atoms in total. The highest BCUT2D eigenvalue weighted by Crippen LogP contribution is 2.60. The standard InChI is InChI=1S/C58H58BN3O/c1-55(2,3)35-22-26-40(27-23-35)61-47-31-36(56(4,5)6)24-28-44(47)59-52-42(30-38(32-49(52)61)58(10,11)12)43-34-48-51(41-20-16-17-21-45(41)60(48)39-18-14-13-15-19-39)54-53(43)62(59)46-29-25-37(57(7,8)9)33-50(46)63-54/h13-34H,1-12H3. The highest BCUT2D eigenvalue weighted by molar-refractivity contribution is 6.93. The summed E-state index contributed by atoms with van der Waals surface area (Å²) in [7, 11) is 0. The zero-order valence-corrected chi connectivity index (χ0v) is 39.0. The lowest BCUT2D eigenvalue weighted by atomic mass is 9.43. The zero-order valence-electron chi connectivity index (χ0n) is 39.0. The second kappa shape index (κ2) is 13.2. The maximum Gasteiger partial charge on any atom is 0.333 e. The number of aromatic nitrogens is 1. The number of hydrogen-bond acceptors (Lipinski definition) is 3. The molecule has 3 aliphatic heterocycles. The van der Waals surface area contributed by atoms with Gasteiger partial charge in [-0.05, 0) is 121 Å². The molecule has 0 fully saturated rings. The summed E-state index contributed by atoms with van der Waals surface area (Å²) < 4.78 is 9.94. The van der Waals surface area contributed by atoms with Crippen molar-refractivity contribution < 1.29 is 4.74 Å². The third-order valence-electron chi connectivity index (χ3n) is 14.0. The highest BCUT2D eigenvalue weighted by Gasteiger charge is 2.49. The maximum absolute atomic E-state index is 7.50. The van der Waals surface area contributed by atoms with Crippen LogP contribution >= 0.6 is 0 Å². The Morgan fingerprint density at radius 3 is 1.75 bits per heavy atom. The second-order valence-electron chi connectivity index (χ2n) is 22.4. The van der Waals surface area contributed by atoms with Crippen molar-refractivity contribution in [2.45, 2.75) is 105 Å². The van der Waals surface area contributed by atoms with Crippen LogP contribution in [0.2, 0.25) is 0 Å². The molecule has 0 bridgehead atoms. The molecule has 3 aliphatic rings. The SMILES string of the molecule is CC(C)(C)c1ccc(N2c3cc(C(C)(C)C)ccc3B3c4c(cc(C(C)(C)C)cc42)-c2cc4c(c5c2N3c2ccc(C(C)(C)C)cc2O5)c2ccccc2n4-c2ccccc2)cc1. The molecule has 0 saturated heterocycles. The first-order chi connectivity index (χ1) is 29.8. The lowest BCUT2D eigenvalue weighted by Crippen LogP contribution is -2.62. The summed E-state index contributed by atoms with van der Waals surface area (Å²) in [5.74, 6) is 1.82. The molecule has 0 aliphatic carbocycles. The van der Waals surface area contributed by atoms with Crippen LogP contribution in [0.1, 0.15) is 105 Å². The van der Waals surface area contributed by atoms with E-state index in [1.165, 1.54) is 66.8 Å². The number of hydrogen-bond donors (Lipinski definition) is 0. The van der Waals surface area contributed by atoms with Gasteiger partial charge in [-0.1, -0.05) is 156 Å². The molecule has 0 saturated carbocycles. The van der Waals surface area contributed by atoms with Gasteiger partial charge in [0.25, 0.3) is 0 Å². The van der Waals surface area contributed by atoms with Crippen LogP contribution in [-0.4, -0.2) is 11.4 Å². The molecular formula is C58H58BN3O. The number of rotatable bonds is 2. The lowest BCUT2D eigenvalue weighted by Gasteiger charge is -2.48. The van der Waals surface area contributed by atoms with E-state index in [1.807, 2.05) is 0 Å². The van der Waals surface area contributed by atoms with Gasteiger partial charge in [0.1, 0.15) is 5.75 Å². The Kier molecular flexibility index (Phi) is 8.29. The van der Waals surface area contributed by atoms with Gasteiger partial charge >= 0.3 is 6.85 Å². The van der Waals surface area contributed by atoms with Crippen molar-refractivity contribution in [1.82, 2.24) is 4.57 Å². The summed E-state index contributed by atoms with van der Waals surface area (Å²) in [5, 5.41) is 2.32. The van der Waals surface area contributed by atoms with Crippen LogP contribution in [0, 0.1) is 0 Å². The van der Waals surface area contributed by atoms with Crippen molar-refractivity contribution >= 4 is 68.0 Å². The monoisotopic (exact) mass is 823 g/mol. The van der Waals surface area contributed by atoms with Crippen molar-refractivity contribution in [3.05, 3.63) is 156 Å². The number of nitrogens with zero attached hydrogens (tertiary/aromatic N) is 3. The summed E-state index contributed by atoms with van der Waals surface area (Å²) in [4.78, 5) is 5.24. The predicted molar refractivity (Wildman–Crippen MR) is 269 cm³/mol. The van der Waals surface area contributed by atoms with E-state index in [0.717, 1.165) is 45.0 Å². The second-order valence-corrected chi connectivity index (χ2v) is 22.4. The summed E-state index contributed by atoms with van der Waals surface area (Å²) in [6.45, 7) is 27.7. The van der Waals surface area contributed by atoms with Gasteiger partial charge in [0, 0.05) is 33.7 Å². The van der Waals surface area contributed by atoms with Gasteiger partial charge in [0.05, 0.1) is 27.8 Å². The van der Waals surface area contributed by atoms with E-state index in [4.69, 9.17) is 4.74 Å². The first-order valence-corrected chi connectivity index (χ1v) is 22.8. The van der Waals surface area contributed by atoms with Crippen molar-refractivity contribution in [1.29, 1.82) is 0 Å². The molecule has 314 valence electrons. The van der Waals surface area contributed by atoms with Crippen molar-refractivity contribution in [2.24, 2.45) is 0 Å². The van der Waals surface area contributed by atoms with E-state index >= 15 is 0 Å². The van der Waals surface area contributed by atoms with Gasteiger partial charge in [0.15, 0.2) is 5.75 Å². The molecule has 7 aromatic carbocycles. The van der Waals surface area contributed by atoms with Crippen LogP contribution < -0.4 is 25.4 Å². The fourth-order valence-corrected chi connectivity index (χ4v) is 10.4. The van der Waals surface area contributed by atoms with Gasteiger partial charge in [-0.2, -0.15) is 0 Å². The fourth-order valence-electron chi connectivity index (χ4n) is 10.4. The molecule has 4 heterocycles. The molecule has 0 N–H and O–H groups in total. The van der Waals surface area contributed by atoms with Crippen LogP contribution in [-0.2, 0) is 21.7 Å². The third-order valence-corrected chi connectivity index (χ3v) is 14.0. The smallest absolute Gasteiger partial charge is 0.333 e. The average Bonchev–Trinajstić information content (AvgIpc) is 3.57. The number of benzene rings is 7. The summed E-state index contributed by atoms with van der Waals surface area (Å²) >= 11 is 0. The van der Waals surface area contributed by atoms with Crippen molar-refractivity contribution in [3.8, 4) is 28.3 Å². The van der Waals surface area contributed by atoms with E-state index in [1.54, 1.807) is 0 Å². The maximum atomic E-state index is 7.50. The molecule has 0 amide bonds. The Morgan fingerprint density at radius 2 is 1.06 bits per heavy atom. The first kappa shape index (κ1) is 39.6. The number of ether oxygens (including phenoxy) is 1. The number of anilines is 5. The van der Waals surface area contributed by atoms with Crippen LogP contribution in [0.4, 0.5) is 28.4 Å². The summed E-state index contributed by atoms with van der Waals surface area (Å²) in [6, 6.07) is 50.8. The molecule has 63 heavy (non-hydrogen) atoms. The molecule has 0 radical (unpaired) electrons.